The Morgan fingerprint density at radius 1 is 1.00 bits per heavy atom. The molecule has 18 heavy (non-hydrogen) atoms. The zero-order chi connectivity index (χ0) is 13.5. The summed E-state index contributed by atoms with van der Waals surface area (Å²) in [6.07, 6.45) is 0.971. The monoisotopic (exact) mass is 261 g/mol. The van der Waals surface area contributed by atoms with E-state index in [1.165, 1.54) is 0 Å². The number of hydrogen-bond donors (Lipinski definition) is 2. The lowest BCUT2D eigenvalue weighted by atomic mass is 10.4. The molecule has 0 heterocycles. The Kier molecular flexibility index (Phi) is 13.5. The van der Waals surface area contributed by atoms with Crippen molar-refractivity contribution >= 4 is 5.96 Å². The summed E-state index contributed by atoms with van der Waals surface area (Å²) in [6.45, 7) is 7.02. The highest BCUT2D eigenvalue weighted by Gasteiger charge is 1.96. The average molecular weight is 261 g/mol. The van der Waals surface area contributed by atoms with Gasteiger partial charge in [-0.3, -0.25) is 4.99 Å². The van der Waals surface area contributed by atoms with Crippen molar-refractivity contribution in [3.63, 3.8) is 0 Å². The number of ether oxygens (including phenoxy) is 3. The van der Waals surface area contributed by atoms with E-state index in [1.807, 2.05) is 6.92 Å². The summed E-state index contributed by atoms with van der Waals surface area (Å²) < 4.78 is 15.5. The van der Waals surface area contributed by atoms with E-state index in [0.29, 0.717) is 19.8 Å². The molecule has 0 spiro atoms. The molecule has 0 radical (unpaired) electrons. The minimum Gasteiger partial charge on any atom is -0.382 e. The van der Waals surface area contributed by atoms with E-state index < -0.39 is 0 Å². The van der Waals surface area contributed by atoms with Crippen molar-refractivity contribution in [2.45, 2.75) is 13.3 Å². The lowest BCUT2D eigenvalue weighted by Gasteiger charge is -2.11. The van der Waals surface area contributed by atoms with E-state index in [-0.39, 0.29) is 0 Å². The molecule has 0 aromatic heterocycles. The Morgan fingerprint density at radius 2 is 1.78 bits per heavy atom. The van der Waals surface area contributed by atoms with Gasteiger partial charge in [0.05, 0.1) is 19.8 Å². The van der Waals surface area contributed by atoms with Crippen LogP contribution in [0.1, 0.15) is 13.3 Å². The molecular formula is C12H27N3O3. The fourth-order valence-electron chi connectivity index (χ4n) is 1.23. The predicted molar refractivity (Wildman–Crippen MR) is 73.2 cm³/mol. The van der Waals surface area contributed by atoms with E-state index >= 15 is 0 Å². The van der Waals surface area contributed by atoms with Gasteiger partial charge in [-0.25, -0.2) is 0 Å². The van der Waals surface area contributed by atoms with Gasteiger partial charge < -0.3 is 24.8 Å². The third-order valence-electron chi connectivity index (χ3n) is 2.16. The van der Waals surface area contributed by atoms with Crippen molar-refractivity contribution in [1.29, 1.82) is 0 Å². The van der Waals surface area contributed by atoms with Crippen molar-refractivity contribution in [1.82, 2.24) is 10.6 Å². The summed E-state index contributed by atoms with van der Waals surface area (Å²) in [5, 5.41) is 6.38. The van der Waals surface area contributed by atoms with Crippen LogP contribution in [0, 0.1) is 0 Å². The highest BCUT2D eigenvalue weighted by Crippen LogP contribution is 1.80. The molecule has 0 rings (SSSR count). The molecule has 0 atom stereocenters. The van der Waals surface area contributed by atoms with Gasteiger partial charge >= 0.3 is 0 Å². The SMILES string of the molecule is CCOCCCNC(=NC)NCCOCCOC. The Balaban J connectivity index is 3.36. The molecular weight excluding hydrogens is 234 g/mol. The molecule has 0 unspecified atom stereocenters. The summed E-state index contributed by atoms with van der Waals surface area (Å²) in [7, 11) is 3.42. The molecule has 0 fully saturated rings. The number of methoxy groups -OCH3 is 1. The highest BCUT2D eigenvalue weighted by atomic mass is 16.5. The van der Waals surface area contributed by atoms with E-state index in [1.54, 1.807) is 14.2 Å². The quantitative estimate of drug-likeness (QED) is 0.317. The zero-order valence-electron chi connectivity index (χ0n) is 11.8. The standard InChI is InChI=1S/C12H27N3O3/c1-4-17-8-5-6-14-12(13-2)15-7-9-18-11-10-16-3/h4-11H2,1-3H3,(H2,13,14,15). The third-order valence-corrected chi connectivity index (χ3v) is 2.16. The van der Waals surface area contributed by atoms with Gasteiger partial charge in [0.25, 0.3) is 0 Å². The maximum atomic E-state index is 5.34. The first-order valence-corrected chi connectivity index (χ1v) is 6.44. The van der Waals surface area contributed by atoms with E-state index in [2.05, 4.69) is 15.6 Å². The van der Waals surface area contributed by atoms with Crippen LogP contribution in [0.3, 0.4) is 0 Å². The first-order valence-electron chi connectivity index (χ1n) is 6.44. The van der Waals surface area contributed by atoms with Crippen LogP contribution < -0.4 is 10.6 Å². The average Bonchev–Trinajstić information content (AvgIpc) is 2.40. The van der Waals surface area contributed by atoms with Gasteiger partial charge in [0.1, 0.15) is 0 Å². The van der Waals surface area contributed by atoms with Gasteiger partial charge in [-0.2, -0.15) is 0 Å². The van der Waals surface area contributed by atoms with Gasteiger partial charge in [-0.15, -0.1) is 0 Å². The molecule has 0 aliphatic carbocycles. The molecule has 0 aliphatic heterocycles. The van der Waals surface area contributed by atoms with Crippen LogP contribution in [0.25, 0.3) is 0 Å². The molecule has 2 N–H and O–H groups in total. The fraction of sp³-hybridized carbons (Fsp3) is 0.917. The molecule has 0 bridgehead atoms. The molecule has 108 valence electrons. The number of rotatable bonds is 11. The maximum Gasteiger partial charge on any atom is 0.191 e. The topological polar surface area (TPSA) is 64.1 Å². The number of guanidine groups is 1. The fourth-order valence-corrected chi connectivity index (χ4v) is 1.23. The Hall–Kier alpha value is -0.850. The van der Waals surface area contributed by atoms with Gasteiger partial charge in [0.15, 0.2) is 5.96 Å². The molecule has 0 aliphatic rings. The first-order chi connectivity index (χ1) is 8.85. The first kappa shape index (κ1) is 17.2. The van der Waals surface area contributed by atoms with Crippen LogP contribution >= 0.6 is 0 Å². The summed E-state index contributed by atoms with van der Waals surface area (Å²) in [5.74, 6) is 0.793. The highest BCUT2D eigenvalue weighted by molar-refractivity contribution is 5.79. The van der Waals surface area contributed by atoms with E-state index in [4.69, 9.17) is 14.2 Å². The van der Waals surface area contributed by atoms with Crippen LogP contribution in [0.4, 0.5) is 0 Å². The smallest absolute Gasteiger partial charge is 0.191 e. The van der Waals surface area contributed by atoms with Crippen LogP contribution in [0.15, 0.2) is 4.99 Å². The van der Waals surface area contributed by atoms with Gasteiger partial charge in [-0.1, -0.05) is 0 Å². The number of nitrogens with one attached hydrogen (secondary N) is 2. The van der Waals surface area contributed by atoms with E-state index in [9.17, 15) is 0 Å². The van der Waals surface area contributed by atoms with Crippen molar-refractivity contribution in [2.75, 3.05) is 60.3 Å². The Bertz CT molecular complexity index is 201. The largest absolute Gasteiger partial charge is 0.382 e. The maximum absolute atomic E-state index is 5.34. The summed E-state index contributed by atoms with van der Waals surface area (Å²) >= 11 is 0. The second kappa shape index (κ2) is 14.2. The summed E-state index contributed by atoms with van der Waals surface area (Å²) in [6, 6.07) is 0. The molecule has 6 heteroatoms. The summed E-state index contributed by atoms with van der Waals surface area (Å²) in [5.41, 5.74) is 0. The minimum absolute atomic E-state index is 0.624. The Morgan fingerprint density at radius 3 is 2.44 bits per heavy atom. The molecule has 6 nitrogen and oxygen atoms in total. The number of nitrogens with zero attached hydrogens (tertiary/aromatic N) is 1. The molecule has 0 saturated heterocycles. The lowest BCUT2D eigenvalue weighted by molar-refractivity contribution is 0.0733. The molecule has 0 aromatic rings. The van der Waals surface area contributed by atoms with Crippen molar-refractivity contribution < 1.29 is 14.2 Å². The number of aliphatic imine (C=N–C) groups is 1. The third kappa shape index (κ3) is 11.6. The normalized spacial score (nSPS) is 11.6. The van der Waals surface area contributed by atoms with Crippen LogP contribution in [-0.4, -0.2) is 66.2 Å². The van der Waals surface area contributed by atoms with Gasteiger partial charge in [0, 0.05) is 40.5 Å². The zero-order valence-corrected chi connectivity index (χ0v) is 11.8. The lowest BCUT2D eigenvalue weighted by Crippen LogP contribution is -2.39. The second-order valence-electron chi connectivity index (χ2n) is 3.58. The van der Waals surface area contributed by atoms with Crippen molar-refractivity contribution in [3.05, 3.63) is 0 Å². The molecule has 0 aromatic carbocycles. The minimum atomic E-state index is 0.624. The Labute approximate surface area is 110 Å². The molecule has 0 saturated carbocycles. The van der Waals surface area contributed by atoms with Gasteiger partial charge in [0.2, 0.25) is 0 Å². The number of hydrogen-bond acceptors (Lipinski definition) is 4. The van der Waals surface area contributed by atoms with Crippen LogP contribution in [-0.2, 0) is 14.2 Å². The van der Waals surface area contributed by atoms with Crippen molar-refractivity contribution in [3.8, 4) is 0 Å². The molecule has 0 amide bonds. The van der Waals surface area contributed by atoms with Gasteiger partial charge in [-0.05, 0) is 13.3 Å². The van der Waals surface area contributed by atoms with Crippen molar-refractivity contribution in [2.24, 2.45) is 4.99 Å². The van der Waals surface area contributed by atoms with Crippen LogP contribution in [0.5, 0.6) is 0 Å². The predicted octanol–water partition coefficient (Wildman–Crippen LogP) is 0.241. The second-order valence-corrected chi connectivity index (χ2v) is 3.58. The summed E-state index contributed by atoms with van der Waals surface area (Å²) in [4.78, 5) is 4.11. The van der Waals surface area contributed by atoms with Crippen LogP contribution in [0.2, 0.25) is 0 Å². The van der Waals surface area contributed by atoms with E-state index in [0.717, 1.165) is 38.7 Å².